The van der Waals surface area contributed by atoms with E-state index in [1.807, 2.05) is 0 Å². The number of hydrogen-bond donors (Lipinski definition) is 1. The number of benzene rings is 1. The van der Waals surface area contributed by atoms with Gasteiger partial charge in [-0.2, -0.15) is 0 Å². The highest BCUT2D eigenvalue weighted by Crippen LogP contribution is 2.29. The van der Waals surface area contributed by atoms with Crippen molar-refractivity contribution in [3.8, 4) is 0 Å². The molecule has 2 aromatic rings. The van der Waals surface area contributed by atoms with Crippen molar-refractivity contribution in [1.82, 2.24) is 0 Å². The van der Waals surface area contributed by atoms with Crippen molar-refractivity contribution in [2.75, 3.05) is 11.9 Å². The van der Waals surface area contributed by atoms with Gasteiger partial charge in [0.2, 0.25) is 0 Å². The maximum atomic E-state index is 3.34. The first-order chi connectivity index (χ1) is 5.92. The van der Waals surface area contributed by atoms with Gasteiger partial charge in [-0.1, -0.05) is 18.2 Å². The molecule has 0 amide bonds. The van der Waals surface area contributed by atoms with Crippen LogP contribution in [0.2, 0.25) is 0 Å². The summed E-state index contributed by atoms with van der Waals surface area (Å²) in [5, 5.41) is 6.85. The van der Waals surface area contributed by atoms with Crippen LogP contribution in [0.5, 0.6) is 0 Å². The molecule has 0 unspecified atom stereocenters. The van der Waals surface area contributed by atoms with Crippen LogP contribution in [0, 0.1) is 0 Å². The summed E-state index contributed by atoms with van der Waals surface area (Å²) in [6, 6.07) is 8.47. The van der Waals surface area contributed by atoms with E-state index < -0.39 is 0 Å². The molecule has 0 saturated heterocycles. The second-order valence-electron chi connectivity index (χ2n) is 2.68. The summed E-state index contributed by atoms with van der Waals surface area (Å²) in [5.74, 6) is 0. The van der Waals surface area contributed by atoms with Gasteiger partial charge in [0.25, 0.3) is 0 Å². The van der Waals surface area contributed by atoms with Gasteiger partial charge < -0.3 is 5.32 Å². The Kier molecular flexibility index (Phi) is 2.00. The number of anilines is 1. The van der Waals surface area contributed by atoms with Crippen LogP contribution in [0.15, 0.2) is 29.6 Å². The number of rotatable bonds is 2. The van der Waals surface area contributed by atoms with Gasteiger partial charge in [0.15, 0.2) is 0 Å². The van der Waals surface area contributed by atoms with E-state index in [9.17, 15) is 0 Å². The van der Waals surface area contributed by atoms with Crippen LogP contribution in [-0.2, 0) is 0 Å². The second kappa shape index (κ2) is 3.15. The lowest BCUT2D eigenvalue weighted by Crippen LogP contribution is -1.94. The molecule has 2 heteroatoms. The molecular formula is C10H11NS. The van der Waals surface area contributed by atoms with E-state index in [0.717, 1.165) is 6.54 Å². The molecule has 0 aliphatic heterocycles. The van der Waals surface area contributed by atoms with Gasteiger partial charge in [-0.25, -0.2) is 0 Å². The average Bonchev–Trinajstić information content (AvgIpc) is 2.50. The van der Waals surface area contributed by atoms with E-state index in [0.29, 0.717) is 0 Å². The summed E-state index contributed by atoms with van der Waals surface area (Å²) in [6.07, 6.45) is 0. The van der Waals surface area contributed by atoms with Crippen molar-refractivity contribution >= 4 is 27.1 Å². The van der Waals surface area contributed by atoms with Crippen LogP contribution in [0.25, 0.3) is 10.1 Å². The van der Waals surface area contributed by atoms with Gasteiger partial charge in [-0.15, -0.1) is 11.3 Å². The minimum Gasteiger partial charge on any atom is -0.384 e. The van der Waals surface area contributed by atoms with Gasteiger partial charge in [-0.05, 0) is 13.0 Å². The maximum Gasteiger partial charge on any atom is 0.0528 e. The third-order valence-electron chi connectivity index (χ3n) is 1.85. The van der Waals surface area contributed by atoms with Gasteiger partial charge in [-0.3, -0.25) is 0 Å². The van der Waals surface area contributed by atoms with Crippen LogP contribution < -0.4 is 5.32 Å². The Bertz CT molecular complexity index is 378. The summed E-state index contributed by atoms with van der Waals surface area (Å²) >= 11 is 1.79. The molecule has 1 aromatic heterocycles. The van der Waals surface area contributed by atoms with Gasteiger partial charge >= 0.3 is 0 Å². The van der Waals surface area contributed by atoms with Crippen LogP contribution in [0.4, 0.5) is 5.69 Å². The smallest absolute Gasteiger partial charge is 0.0528 e. The topological polar surface area (TPSA) is 12.0 Å². The van der Waals surface area contributed by atoms with E-state index in [1.54, 1.807) is 11.3 Å². The second-order valence-corrected chi connectivity index (χ2v) is 3.59. The molecule has 1 nitrogen and oxygen atoms in total. The van der Waals surface area contributed by atoms with Gasteiger partial charge in [0.05, 0.1) is 5.69 Å². The van der Waals surface area contributed by atoms with Crippen LogP contribution >= 0.6 is 11.3 Å². The molecule has 0 bridgehead atoms. The third kappa shape index (κ3) is 1.18. The highest BCUT2D eigenvalue weighted by Gasteiger charge is 1.99. The average molecular weight is 177 g/mol. The Labute approximate surface area is 76.0 Å². The molecule has 0 atom stereocenters. The Morgan fingerprint density at radius 3 is 3.00 bits per heavy atom. The number of fused-ring (bicyclic) bond motifs is 1. The Morgan fingerprint density at radius 1 is 1.33 bits per heavy atom. The van der Waals surface area contributed by atoms with Crippen LogP contribution in [0.1, 0.15) is 6.92 Å². The fraction of sp³-hybridized carbons (Fsp3) is 0.200. The normalized spacial score (nSPS) is 10.4. The largest absolute Gasteiger partial charge is 0.384 e. The Balaban J connectivity index is 2.55. The lowest BCUT2D eigenvalue weighted by atomic mass is 10.2. The minimum absolute atomic E-state index is 0.987. The molecule has 0 radical (unpaired) electrons. The zero-order chi connectivity index (χ0) is 8.39. The monoisotopic (exact) mass is 177 g/mol. The predicted octanol–water partition coefficient (Wildman–Crippen LogP) is 3.33. The molecule has 0 spiro atoms. The number of thiophene rings is 1. The lowest BCUT2D eigenvalue weighted by molar-refractivity contribution is 1.22. The molecule has 62 valence electrons. The summed E-state index contributed by atoms with van der Waals surface area (Å²) in [5.41, 5.74) is 1.26. The summed E-state index contributed by atoms with van der Waals surface area (Å²) in [7, 11) is 0. The summed E-state index contributed by atoms with van der Waals surface area (Å²) in [4.78, 5) is 0. The summed E-state index contributed by atoms with van der Waals surface area (Å²) in [6.45, 7) is 3.10. The molecule has 1 aromatic carbocycles. The first-order valence-electron chi connectivity index (χ1n) is 4.12. The number of nitrogens with one attached hydrogen (secondary N) is 1. The SMILES string of the molecule is CCNc1csc2ccccc12. The van der Waals surface area contributed by atoms with Crippen molar-refractivity contribution in [2.45, 2.75) is 6.92 Å². The molecule has 0 fully saturated rings. The zero-order valence-electron chi connectivity index (χ0n) is 7.00. The quantitative estimate of drug-likeness (QED) is 0.742. The highest BCUT2D eigenvalue weighted by molar-refractivity contribution is 7.17. The van der Waals surface area contributed by atoms with E-state index in [1.165, 1.54) is 15.8 Å². The molecule has 0 saturated carbocycles. The molecule has 2 rings (SSSR count). The zero-order valence-corrected chi connectivity index (χ0v) is 7.82. The van der Waals surface area contributed by atoms with E-state index in [2.05, 4.69) is 41.9 Å². The molecule has 1 heterocycles. The van der Waals surface area contributed by atoms with Crippen LogP contribution in [-0.4, -0.2) is 6.54 Å². The van der Waals surface area contributed by atoms with Crippen molar-refractivity contribution in [3.63, 3.8) is 0 Å². The highest BCUT2D eigenvalue weighted by atomic mass is 32.1. The molecule has 1 N–H and O–H groups in total. The first kappa shape index (κ1) is 7.62. The Morgan fingerprint density at radius 2 is 2.17 bits per heavy atom. The Hall–Kier alpha value is -1.02. The van der Waals surface area contributed by atoms with E-state index >= 15 is 0 Å². The van der Waals surface area contributed by atoms with Crippen molar-refractivity contribution in [1.29, 1.82) is 0 Å². The fourth-order valence-electron chi connectivity index (χ4n) is 1.31. The standard InChI is InChI=1S/C10H11NS/c1-2-11-9-7-12-10-6-4-3-5-8(9)10/h3-7,11H,2H2,1H3. The van der Waals surface area contributed by atoms with E-state index in [4.69, 9.17) is 0 Å². The van der Waals surface area contributed by atoms with Gasteiger partial charge in [0.1, 0.15) is 0 Å². The van der Waals surface area contributed by atoms with Crippen LogP contribution in [0.3, 0.4) is 0 Å². The lowest BCUT2D eigenvalue weighted by Gasteiger charge is -1.98. The molecular weight excluding hydrogens is 166 g/mol. The minimum atomic E-state index is 0.987. The number of hydrogen-bond acceptors (Lipinski definition) is 2. The molecule has 0 aliphatic rings. The fourth-order valence-corrected chi connectivity index (χ4v) is 2.22. The van der Waals surface area contributed by atoms with E-state index in [-0.39, 0.29) is 0 Å². The maximum absolute atomic E-state index is 3.34. The van der Waals surface area contributed by atoms with Gasteiger partial charge in [0, 0.05) is 22.0 Å². The summed E-state index contributed by atoms with van der Waals surface area (Å²) < 4.78 is 1.36. The van der Waals surface area contributed by atoms with Crippen molar-refractivity contribution in [3.05, 3.63) is 29.6 Å². The molecule has 0 aliphatic carbocycles. The van der Waals surface area contributed by atoms with Crippen molar-refractivity contribution < 1.29 is 0 Å². The first-order valence-corrected chi connectivity index (χ1v) is 5.00. The van der Waals surface area contributed by atoms with Crippen molar-refractivity contribution in [2.24, 2.45) is 0 Å². The third-order valence-corrected chi connectivity index (χ3v) is 2.81. The molecule has 12 heavy (non-hydrogen) atoms. The predicted molar refractivity (Wildman–Crippen MR) is 56.0 cm³/mol.